The summed E-state index contributed by atoms with van der Waals surface area (Å²) in [7, 11) is 0. The smallest absolute Gasteiger partial charge is 0.0999 e. The molecule has 0 rings (SSSR count). The molecule has 0 saturated carbocycles. The first-order valence-corrected chi connectivity index (χ1v) is 2.39. The van der Waals surface area contributed by atoms with Crippen molar-refractivity contribution in [3.63, 3.8) is 0 Å². The van der Waals surface area contributed by atoms with E-state index in [9.17, 15) is 0 Å². The van der Waals surface area contributed by atoms with Crippen molar-refractivity contribution in [2.24, 2.45) is 0 Å². The summed E-state index contributed by atoms with van der Waals surface area (Å²) < 4.78 is 0. The molecule has 0 aliphatic rings. The fraction of sp³-hybridized carbons (Fsp3) is 0.286. The zero-order chi connectivity index (χ0) is 6.57. The molecule has 1 heteroatoms. The molecule has 1 atom stereocenters. The van der Waals surface area contributed by atoms with Crippen LogP contribution in [0.1, 0.15) is 6.92 Å². The number of hydrogen-bond acceptors (Lipinski definition) is 1. The Morgan fingerprint density at radius 2 is 2.38 bits per heavy atom. The van der Waals surface area contributed by atoms with Crippen molar-refractivity contribution < 1.29 is 5.11 Å². The van der Waals surface area contributed by atoms with Crippen LogP contribution < -0.4 is 0 Å². The van der Waals surface area contributed by atoms with Crippen molar-refractivity contribution >= 4 is 0 Å². The molecule has 8 heavy (non-hydrogen) atoms. The van der Waals surface area contributed by atoms with Crippen molar-refractivity contribution in [2.75, 3.05) is 0 Å². The molecule has 0 radical (unpaired) electrons. The monoisotopic (exact) mass is 110 g/mol. The highest BCUT2D eigenvalue weighted by Gasteiger charge is 1.95. The second-order valence-corrected chi connectivity index (χ2v) is 1.54. The molecule has 1 unspecified atom stereocenters. The van der Waals surface area contributed by atoms with Crippen molar-refractivity contribution in [1.29, 1.82) is 0 Å². The second kappa shape index (κ2) is 3.25. The fourth-order valence-corrected chi connectivity index (χ4v) is 0.281. The molecule has 0 saturated heterocycles. The van der Waals surface area contributed by atoms with Gasteiger partial charge in [0.25, 0.3) is 0 Å². The van der Waals surface area contributed by atoms with Crippen molar-refractivity contribution in [2.45, 2.75) is 13.0 Å². The van der Waals surface area contributed by atoms with Gasteiger partial charge in [-0.1, -0.05) is 12.7 Å². The van der Waals surface area contributed by atoms with Gasteiger partial charge in [0, 0.05) is 5.57 Å². The molecule has 1 nitrogen and oxygen atoms in total. The van der Waals surface area contributed by atoms with Gasteiger partial charge in [-0.2, -0.15) is 0 Å². The molecule has 0 aromatic heterocycles. The van der Waals surface area contributed by atoms with E-state index in [1.54, 1.807) is 6.92 Å². The van der Waals surface area contributed by atoms with Crippen LogP contribution in [0.2, 0.25) is 0 Å². The lowest BCUT2D eigenvalue weighted by molar-refractivity contribution is 0.260. The van der Waals surface area contributed by atoms with Crippen molar-refractivity contribution in [3.8, 4) is 0 Å². The van der Waals surface area contributed by atoms with Crippen LogP contribution in [0.5, 0.6) is 0 Å². The summed E-state index contributed by atoms with van der Waals surface area (Å²) in [5.41, 5.74) is 3.27. The lowest BCUT2D eigenvalue weighted by atomic mass is 10.2. The van der Waals surface area contributed by atoms with Crippen LogP contribution in [0.15, 0.2) is 30.5 Å². The molecule has 0 fully saturated rings. The Morgan fingerprint density at radius 1 is 1.88 bits per heavy atom. The maximum Gasteiger partial charge on any atom is 0.0999 e. The Kier molecular flexibility index (Phi) is 2.93. The molecule has 0 amide bonds. The first-order valence-electron chi connectivity index (χ1n) is 2.39. The van der Waals surface area contributed by atoms with Gasteiger partial charge in [0.1, 0.15) is 0 Å². The van der Waals surface area contributed by atoms with Crippen LogP contribution >= 0.6 is 0 Å². The van der Waals surface area contributed by atoms with E-state index in [0.29, 0.717) is 5.57 Å². The van der Waals surface area contributed by atoms with E-state index in [0.717, 1.165) is 0 Å². The quantitative estimate of drug-likeness (QED) is 0.419. The van der Waals surface area contributed by atoms with E-state index in [1.165, 1.54) is 6.08 Å². The zero-order valence-corrected chi connectivity index (χ0v) is 5.02. The van der Waals surface area contributed by atoms with Crippen molar-refractivity contribution in [1.82, 2.24) is 0 Å². The van der Waals surface area contributed by atoms with Gasteiger partial charge < -0.3 is 5.11 Å². The maximum atomic E-state index is 8.87. The van der Waals surface area contributed by atoms with E-state index in [1.807, 2.05) is 0 Å². The average Bonchev–Trinajstić information content (AvgIpc) is 1.84. The van der Waals surface area contributed by atoms with E-state index >= 15 is 0 Å². The van der Waals surface area contributed by atoms with Crippen molar-refractivity contribution in [3.05, 3.63) is 30.5 Å². The average molecular weight is 110 g/mol. The molecule has 1 N–H and O–H groups in total. The normalized spacial score (nSPS) is 11.8. The van der Waals surface area contributed by atoms with Gasteiger partial charge in [-0.05, 0) is 6.92 Å². The van der Waals surface area contributed by atoms with Gasteiger partial charge in [0.15, 0.2) is 0 Å². The summed E-state index contributed by atoms with van der Waals surface area (Å²) in [4.78, 5) is 0. The Balaban J connectivity index is 4.01. The third kappa shape index (κ3) is 1.78. The fourth-order valence-electron chi connectivity index (χ4n) is 0.281. The Hall–Kier alpha value is -0.780. The summed E-state index contributed by atoms with van der Waals surface area (Å²) in [6, 6.07) is 0. The van der Waals surface area contributed by atoms with E-state index < -0.39 is 6.10 Å². The Bertz CT molecular complexity index is 129. The molecular formula is C7H10O. The third-order valence-corrected chi connectivity index (χ3v) is 0.946. The molecule has 44 valence electrons. The van der Waals surface area contributed by atoms with Crippen LogP contribution in [0, 0.1) is 0 Å². The highest BCUT2D eigenvalue weighted by atomic mass is 16.3. The SMILES string of the molecule is C=C=C(C)C(O)C=C. The summed E-state index contributed by atoms with van der Waals surface area (Å²) in [5.74, 6) is 0. The van der Waals surface area contributed by atoms with Gasteiger partial charge >= 0.3 is 0 Å². The number of aliphatic hydroxyl groups is 1. The number of hydrogen-bond donors (Lipinski definition) is 1. The van der Waals surface area contributed by atoms with Crippen LogP contribution in [0.4, 0.5) is 0 Å². The molecule has 0 spiro atoms. The number of aliphatic hydroxyl groups excluding tert-OH is 1. The largest absolute Gasteiger partial charge is 0.384 e. The van der Waals surface area contributed by atoms with Crippen LogP contribution in [0.25, 0.3) is 0 Å². The highest BCUT2D eigenvalue weighted by molar-refractivity contribution is 5.08. The molecule has 0 aromatic carbocycles. The third-order valence-electron chi connectivity index (χ3n) is 0.946. The van der Waals surface area contributed by atoms with Gasteiger partial charge in [-0.15, -0.1) is 12.3 Å². The van der Waals surface area contributed by atoms with Crippen LogP contribution in [0.3, 0.4) is 0 Å². The minimum absolute atomic E-state index is 0.576. The predicted molar refractivity (Wildman–Crippen MR) is 34.5 cm³/mol. The Morgan fingerprint density at radius 3 is 2.50 bits per heavy atom. The number of rotatable bonds is 2. The van der Waals surface area contributed by atoms with Gasteiger partial charge in [-0.25, -0.2) is 0 Å². The minimum atomic E-state index is -0.576. The first kappa shape index (κ1) is 7.22. The molecular weight excluding hydrogens is 100 g/mol. The summed E-state index contributed by atoms with van der Waals surface area (Å²) >= 11 is 0. The maximum absolute atomic E-state index is 8.87. The summed E-state index contributed by atoms with van der Waals surface area (Å²) in [6.07, 6.45) is 0.862. The second-order valence-electron chi connectivity index (χ2n) is 1.54. The zero-order valence-electron chi connectivity index (χ0n) is 5.02. The lowest BCUT2D eigenvalue weighted by Gasteiger charge is -1.99. The van der Waals surface area contributed by atoms with Gasteiger partial charge in [-0.3, -0.25) is 0 Å². The summed E-state index contributed by atoms with van der Waals surface area (Å²) in [6.45, 7) is 8.50. The molecule has 0 aromatic rings. The van der Waals surface area contributed by atoms with E-state index in [4.69, 9.17) is 5.11 Å². The summed E-state index contributed by atoms with van der Waals surface area (Å²) in [5, 5.41) is 8.87. The molecule has 0 aliphatic heterocycles. The molecule has 0 bridgehead atoms. The predicted octanol–water partition coefficient (Wildman–Crippen LogP) is 1.26. The van der Waals surface area contributed by atoms with E-state index in [2.05, 4.69) is 18.9 Å². The van der Waals surface area contributed by atoms with E-state index in [-0.39, 0.29) is 0 Å². The topological polar surface area (TPSA) is 20.2 Å². The highest BCUT2D eigenvalue weighted by Crippen LogP contribution is 1.97. The van der Waals surface area contributed by atoms with Crippen LogP contribution in [-0.4, -0.2) is 11.2 Å². The first-order chi connectivity index (χ1) is 3.72. The van der Waals surface area contributed by atoms with Crippen LogP contribution in [-0.2, 0) is 0 Å². The molecule has 0 heterocycles. The lowest BCUT2D eigenvalue weighted by Crippen LogP contribution is -2.00. The standard InChI is InChI=1S/C7H10O/c1-4-6(3)7(8)5-2/h5,7-8H,1-2H2,3H3. The molecule has 0 aliphatic carbocycles. The van der Waals surface area contributed by atoms with Gasteiger partial charge in [0.2, 0.25) is 0 Å². The minimum Gasteiger partial charge on any atom is -0.384 e. The Labute approximate surface area is 49.7 Å². The van der Waals surface area contributed by atoms with Gasteiger partial charge in [0.05, 0.1) is 6.10 Å².